The van der Waals surface area contributed by atoms with Crippen molar-refractivity contribution in [1.29, 1.82) is 0 Å². The van der Waals surface area contributed by atoms with Crippen molar-refractivity contribution in [2.75, 3.05) is 0 Å². The Morgan fingerprint density at radius 2 is 2.00 bits per heavy atom. The van der Waals surface area contributed by atoms with Crippen LogP contribution in [0, 0.1) is 6.92 Å². The van der Waals surface area contributed by atoms with E-state index in [1.54, 1.807) is 0 Å². The number of aryl methyl sites for hydroxylation is 1. The zero-order valence-electron chi connectivity index (χ0n) is 8.56. The van der Waals surface area contributed by atoms with Crippen LogP contribution in [-0.2, 0) is 10.7 Å². The van der Waals surface area contributed by atoms with Crippen LogP contribution >= 0.6 is 15.9 Å². The minimum absolute atomic E-state index is 0.0373. The summed E-state index contributed by atoms with van der Waals surface area (Å²) in [5.74, 6) is 0.912. The maximum absolute atomic E-state index is 4.47. The Morgan fingerprint density at radius 3 is 2.38 bits per heavy atom. The predicted molar refractivity (Wildman–Crippen MR) is 58.1 cm³/mol. The molecule has 0 atom stereocenters. The average Bonchev–Trinajstić information content (AvgIpc) is 2.02. The van der Waals surface area contributed by atoms with E-state index < -0.39 is 0 Å². The standard InChI is InChI=1S/C10H15BrN2/c1-7-8(5-11)6-12-9(13-7)10(2,3)4/h6H,5H2,1-4H3. The molecule has 1 aromatic heterocycles. The first-order valence-corrected chi connectivity index (χ1v) is 5.46. The van der Waals surface area contributed by atoms with Crippen molar-refractivity contribution in [3.8, 4) is 0 Å². The van der Waals surface area contributed by atoms with Gasteiger partial charge in [0.1, 0.15) is 5.82 Å². The Kier molecular flexibility index (Phi) is 3.06. The summed E-state index contributed by atoms with van der Waals surface area (Å²) in [6.07, 6.45) is 1.90. The maximum Gasteiger partial charge on any atom is 0.133 e. The molecule has 0 spiro atoms. The lowest BCUT2D eigenvalue weighted by molar-refractivity contribution is 0.542. The van der Waals surface area contributed by atoms with Gasteiger partial charge in [0.05, 0.1) is 0 Å². The number of hydrogen-bond acceptors (Lipinski definition) is 2. The molecular formula is C10H15BrN2. The zero-order chi connectivity index (χ0) is 10.1. The predicted octanol–water partition coefficient (Wildman–Crippen LogP) is 2.98. The lowest BCUT2D eigenvalue weighted by atomic mass is 9.95. The number of hydrogen-bond donors (Lipinski definition) is 0. The topological polar surface area (TPSA) is 25.8 Å². The van der Waals surface area contributed by atoms with Gasteiger partial charge >= 0.3 is 0 Å². The molecule has 1 heterocycles. The molecule has 0 saturated carbocycles. The van der Waals surface area contributed by atoms with E-state index in [4.69, 9.17) is 0 Å². The summed E-state index contributed by atoms with van der Waals surface area (Å²) in [6, 6.07) is 0. The van der Waals surface area contributed by atoms with Gasteiger partial charge < -0.3 is 0 Å². The molecule has 0 aliphatic rings. The molecule has 0 unspecified atom stereocenters. The molecule has 13 heavy (non-hydrogen) atoms. The molecule has 1 aromatic rings. The highest BCUT2D eigenvalue weighted by atomic mass is 79.9. The molecule has 0 bridgehead atoms. The number of rotatable bonds is 1. The Balaban J connectivity index is 3.10. The van der Waals surface area contributed by atoms with Crippen molar-refractivity contribution in [1.82, 2.24) is 9.97 Å². The molecule has 0 N–H and O–H groups in total. The second kappa shape index (κ2) is 3.74. The van der Waals surface area contributed by atoms with E-state index in [1.807, 2.05) is 13.1 Å². The SMILES string of the molecule is Cc1nc(C(C)(C)C)ncc1CBr. The minimum atomic E-state index is 0.0373. The summed E-state index contributed by atoms with van der Waals surface area (Å²) in [5.41, 5.74) is 2.26. The van der Waals surface area contributed by atoms with Crippen LogP contribution in [0.25, 0.3) is 0 Å². The molecular weight excluding hydrogens is 228 g/mol. The van der Waals surface area contributed by atoms with Crippen molar-refractivity contribution >= 4 is 15.9 Å². The van der Waals surface area contributed by atoms with E-state index >= 15 is 0 Å². The molecule has 0 saturated heterocycles. The Bertz CT molecular complexity index is 302. The molecule has 0 radical (unpaired) electrons. The minimum Gasteiger partial charge on any atom is -0.240 e. The third kappa shape index (κ3) is 2.50. The summed E-state index contributed by atoms with van der Waals surface area (Å²) < 4.78 is 0. The van der Waals surface area contributed by atoms with Gasteiger partial charge in [-0.25, -0.2) is 9.97 Å². The lowest BCUT2D eigenvalue weighted by Gasteiger charge is -2.17. The molecule has 3 heteroatoms. The molecule has 2 nitrogen and oxygen atoms in total. The first-order chi connectivity index (χ1) is 5.95. The largest absolute Gasteiger partial charge is 0.240 e. The van der Waals surface area contributed by atoms with Crippen LogP contribution in [0.1, 0.15) is 37.9 Å². The van der Waals surface area contributed by atoms with E-state index in [0.717, 1.165) is 22.4 Å². The number of halogens is 1. The molecule has 1 rings (SSSR count). The average molecular weight is 243 g/mol. The third-order valence-electron chi connectivity index (χ3n) is 1.90. The van der Waals surface area contributed by atoms with E-state index in [9.17, 15) is 0 Å². The molecule has 0 fully saturated rings. The van der Waals surface area contributed by atoms with Crippen molar-refractivity contribution in [2.45, 2.75) is 38.4 Å². The Labute approximate surface area is 87.9 Å². The number of aromatic nitrogens is 2. The number of alkyl halides is 1. The van der Waals surface area contributed by atoms with E-state index in [0.29, 0.717) is 0 Å². The van der Waals surface area contributed by atoms with Crippen LogP contribution in [-0.4, -0.2) is 9.97 Å². The van der Waals surface area contributed by atoms with Gasteiger partial charge in [-0.2, -0.15) is 0 Å². The van der Waals surface area contributed by atoms with Gasteiger partial charge in [-0.15, -0.1) is 0 Å². The summed E-state index contributed by atoms with van der Waals surface area (Å²) in [7, 11) is 0. The van der Waals surface area contributed by atoms with E-state index in [2.05, 4.69) is 46.7 Å². The highest BCUT2D eigenvalue weighted by molar-refractivity contribution is 9.08. The molecule has 0 aromatic carbocycles. The smallest absolute Gasteiger partial charge is 0.133 e. The van der Waals surface area contributed by atoms with Crippen LogP contribution in [0.2, 0.25) is 0 Å². The van der Waals surface area contributed by atoms with Crippen molar-refractivity contribution in [3.05, 3.63) is 23.3 Å². The van der Waals surface area contributed by atoms with Crippen molar-refractivity contribution < 1.29 is 0 Å². The number of nitrogens with zero attached hydrogens (tertiary/aromatic N) is 2. The zero-order valence-corrected chi connectivity index (χ0v) is 10.1. The first-order valence-electron chi connectivity index (χ1n) is 4.34. The second-order valence-corrected chi connectivity index (χ2v) is 4.75. The summed E-state index contributed by atoms with van der Waals surface area (Å²) in [6.45, 7) is 8.38. The summed E-state index contributed by atoms with van der Waals surface area (Å²) >= 11 is 3.40. The first kappa shape index (κ1) is 10.6. The van der Waals surface area contributed by atoms with Gasteiger partial charge in [-0.3, -0.25) is 0 Å². The molecule has 0 amide bonds. The van der Waals surface area contributed by atoms with Crippen LogP contribution in [0.3, 0.4) is 0 Å². The van der Waals surface area contributed by atoms with Crippen molar-refractivity contribution in [3.63, 3.8) is 0 Å². The fourth-order valence-electron chi connectivity index (χ4n) is 0.985. The van der Waals surface area contributed by atoms with Gasteiger partial charge in [0, 0.05) is 28.2 Å². The molecule has 72 valence electrons. The highest BCUT2D eigenvalue weighted by Gasteiger charge is 2.17. The van der Waals surface area contributed by atoms with Gasteiger partial charge in [-0.1, -0.05) is 36.7 Å². The van der Waals surface area contributed by atoms with Gasteiger partial charge in [0.25, 0.3) is 0 Å². The molecule has 0 aliphatic carbocycles. The van der Waals surface area contributed by atoms with Crippen LogP contribution in [0.15, 0.2) is 6.20 Å². The van der Waals surface area contributed by atoms with Gasteiger partial charge in [0.2, 0.25) is 0 Å². The van der Waals surface area contributed by atoms with E-state index in [1.165, 1.54) is 0 Å². The quantitative estimate of drug-likeness (QED) is 0.708. The summed E-state index contributed by atoms with van der Waals surface area (Å²) in [5, 5.41) is 0.823. The van der Waals surface area contributed by atoms with E-state index in [-0.39, 0.29) is 5.41 Å². The maximum atomic E-state index is 4.47. The Morgan fingerprint density at radius 1 is 1.38 bits per heavy atom. The Hall–Kier alpha value is -0.440. The van der Waals surface area contributed by atoms with Gasteiger partial charge in [-0.05, 0) is 6.92 Å². The third-order valence-corrected chi connectivity index (χ3v) is 2.50. The van der Waals surface area contributed by atoms with Crippen LogP contribution in [0.4, 0.5) is 0 Å². The second-order valence-electron chi connectivity index (χ2n) is 4.19. The van der Waals surface area contributed by atoms with Crippen LogP contribution < -0.4 is 0 Å². The molecule has 0 aliphatic heterocycles. The fraction of sp³-hybridized carbons (Fsp3) is 0.600. The normalized spacial score (nSPS) is 11.8. The monoisotopic (exact) mass is 242 g/mol. The highest BCUT2D eigenvalue weighted by Crippen LogP contribution is 2.19. The fourth-order valence-corrected chi connectivity index (χ4v) is 1.54. The van der Waals surface area contributed by atoms with Crippen molar-refractivity contribution in [2.24, 2.45) is 0 Å². The lowest BCUT2D eigenvalue weighted by Crippen LogP contribution is -2.16. The summed E-state index contributed by atoms with van der Waals surface area (Å²) in [4.78, 5) is 8.81. The van der Waals surface area contributed by atoms with Gasteiger partial charge in [0.15, 0.2) is 0 Å². The van der Waals surface area contributed by atoms with Crippen LogP contribution in [0.5, 0.6) is 0 Å².